The van der Waals surface area contributed by atoms with E-state index in [-0.39, 0.29) is 18.0 Å². The van der Waals surface area contributed by atoms with Crippen molar-refractivity contribution in [2.45, 2.75) is 39.2 Å². The van der Waals surface area contributed by atoms with Crippen LogP contribution < -0.4 is 0 Å². The Morgan fingerprint density at radius 1 is 1.08 bits per heavy atom. The standard InChI is InChI=1S/C26H25F2N7O/c1-14-23(15(2)36-34-14)24-18-11-16(8-9-22(18)30-31-24)25-29-26(33-32-25)17-5-4-10-35(12-17)13-19-20(27)6-3-7-21(19)28/h3,6-9,11,17H,4-5,10,12-13H2,1-2H3,(H,30,31)(H,29,32,33)/t17-/m1/s1. The van der Waals surface area contributed by atoms with Crippen LogP contribution in [0.4, 0.5) is 8.78 Å². The summed E-state index contributed by atoms with van der Waals surface area (Å²) in [5.41, 5.74) is 4.31. The molecule has 0 amide bonds. The first kappa shape index (κ1) is 22.5. The molecule has 2 N–H and O–H groups in total. The van der Waals surface area contributed by atoms with Crippen LogP contribution in [0.25, 0.3) is 33.5 Å². The molecular weight excluding hydrogens is 464 g/mol. The van der Waals surface area contributed by atoms with Crippen molar-refractivity contribution in [1.82, 2.24) is 35.4 Å². The minimum Gasteiger partial charge on any atom is -0.361 e. The molecule has 0 aliphatic carbocycles. The number of aryl methyl sites for hydroxylation is 2. The van der Waals surface area contributed by atoms with E-state index in [1.54, 1.807) is 0 Å². The van der Waals surface area contributed by atoms with Gasteiger partial charge >= 0.3 is 0 Å². The molecule has 1 aliphatic rings. The third-order valence-corrected chi connectivity index (χ3v) is 6.93. The van der Waals surface area contributed by atoms with E-state index in [1.165, 1.54) is 18.2 Å². The molecule has 4 heterocycles. The number of nitrogens with one attached hydrogen (secondary N) is 2. The molecule has 0 bridgehead atoms. The molecule has 1 saturated heterocycles. The van der Waals surface area contributed by atoms with E-state index < -0.39 is 11.6 Å². The number of piperidine rings is 1. The first-order valence-electron chi connectivity index (χ1n) is 12.0. The lowest BCUT2D eigenvalue weighted by molar-refractivity contribution is 0.192. The predicted molar refractivity (Wildman–Crippen MR) is 130 cm³/mol. The monoisotopic (exact) mass is 489 g/mol. The molecular formula is C26H25F2N7O. The third-order valence-electron chi connectivity index (χ3n) is 6.93. The van der Waals surface area contributed by atoms with Crippen LogP contribution >= 0.6 is 0 Å². The molecule has 2 aromatic carbocycles. The molecule has 0 radical (unpaired) electrons. The highest BCUT2D eigenvalue weighted by atomic mass is 19.1. The number of hydrogen-bond acceptors (Lipinski definition) is 6. The van der Waals surface area contributed by atoms with Gasteiger partial charge in [0, 0.05) is 35.5 Å². The van der Waals surface area contributed by atoms with Gasteiger partial charge in [-0.25, -0.2) is 13.8 Å². The van der Waals surface area contributed by atoms with Gasteiger partial charge in [-0.1, -0.05) is 11.2 Å². The van der Waals surface area contributed by atoms with Crippen molar-refractivity contribution in [3.63, 3.8) is 0 Å². The zero-order valence-corrected chi connectivity index (χ0v) is 20.0. The quantitative estimate of drug-likeness (QED) is 0.349. The molecule has 1 atom stereocenters. The summed E-state index contributed by atoms with van der Waals surface area (Å²) in [4.78, 5) is 6.87. The minimum atomic E-state index is -0.510. The Labute approximate surface area is 205 Å². The van der Waals surface area contributed by atoms with Crippen LogP contribution in [0.5, 0.6) is 0 Å². The molecule has 1 fully saturated rings. The van der Waals surface area contributed by atoms with Crippen molar-refractivity contribution >= 4 is 10.9 Å². The fourth-order valence-corrected chi connectivity index (χ4v) is 5.08. The number of likely N-dealkylation sites (tertiary alicyclic amines) is 1. The second-order valence-electron chi connectivity index (χ2n) is 9.35. The Morgan fingerprint density at radius 3 is 2.69 bits per heavy atom. The summed E-state index contributed by atoms with van der Waals surface area (Å²) >= 11 is 0. The lowest BCUT2D eigenvalue weighted by Gasteiger charge is -2.31. The maximum atomic E-state index is 14.2. The van der Waals surface area contributed by atoms with Gasteiger partial charge in [0.1, 0.15) is 28.9 Å². The van der Waals surface area contributed by atoms with E-state index in [2.05, 4.69) is 30.5 Å². The van der Waals surface area contributed by atoms with Crippen molar-refractivity contribution < 1.29 is 13.3 Å². The maximum Gasteiger partial charge on any atom is 0.181 e. The summed E-state index contributed by atoms with van der Waals surface area (Å²) in [6, 6.07) is 9.93. The lowest BCUT2D eigenvalue weighted by Crippen LogP contribution is -2.34. The summed E-state index contributed by atoms with van der Waals surface area (Å²) < 4.78 is 33.6. The number of rotatable bonds is 5. The molecule has 8 nitrogen and oxygen atoms in total. The summed E-state index contributed by atoms with van der Waals surface area (Å²) in [7, 11) is 0. The molecule has 10 heteroatoms. The molecule has 5 aromatic rings. The fraction of sp³-hybridized carbons (Fsp3) is 0.308. The van der Waals surface area contributed by atoms with E-state index in [9.17, 15) is 8.78 Å². The fourth-order valence-electron chi connectivity index (χ4n) is 5.08. The highest BCUT2D eigenvalue weighted by molar-refractivity contribution is 5.96. The third kappa shape index (κ3) is 3.97. The van der Waals surface area contributed by atoms with Gasteiger partial charge in [-0.3, -0.25) is 15.1 Å². The number of fused-ring (bicyclic) bond motifs is 1. The van der Waals surface area contributed by atoms with Gasteiger partial charge in [-0.05, 0) is 63.6 Å². The van der Waals surface area contributed by atoms with Crippen LogP contribution in [0.15, 0.2) is 40.9 Å². The summed E-state index contributed by atoms with van der Waals surface area (Å²) in [5, 5.41) is 20.1. The van der Waals surface area contributed by atoms with Gasteiger partial charge in [0.25, 0.3) is 0 Å². The Hall–Kier alpha value is -3.92. The number of aromatic amines is 2. The van der Waals surface area contributed by atoms with E-state index in [1.807, 2.05) is 32.0 Å². The molecule has 0 saturated carbocycles. The topological polar surface area (TPSA) is 99.5 Å². The smallest absolute Gasteiger partial charge is 0.181 e. The van der Waals surface area contributed by atoms with Crippen molar-refractivity contribution in [2.24, 2.45) is 0 Å². The van der Waals surface area contributed by atoms with Gasteiger partial charge in [0.2, 0.25) is 0 Å². The van der Waals surface area contributed by atoms with Crippen molar-refractivity contribution in [1.29, 1.82) is 0 Å². The molecule has 1 aliphatic heterocycles. The van der Waals surface area contributed by atoms with Crippen LogP contribution in [-0.2, 0) is 6.54 Å². The molecule has 36 heavy (non-hydrogen) atoms. The van der Waals surface area contributed by atoms with Crippen LogP contribution in [0.3, 0.4) is 0 Å². The Morgan fingerprint density at radius 2 is 1.92 bits per heavy atom. The van der Waals surface area contributed by atoms with Crippen molar-refractivity contribution in [2.75, 3.05) is 13.1 Å². The number of nitrogens with zero attached hydrogens (tertiary/aromatic N) is 5. The van der Waals surface area contributed by atoms with E-state index in [4.69, 9.17) is 9.51 Å². The van der Waals surface area contributed by atoms with Gasteiger partial charge in [-0.15, -0.1) is 0 Å². The molecule has 184 valence electrons. The zero-order valence-electron chi connectivity index (χ0n) is 20.0. The SMILES string of the molecule is Cc1noc(C)c1-c1n[nH]c2ccc(-c3n[nH]c([C@@H]4CCCN(Cc5c(F)cccc5F)C4)n3)cc12. The van der Waals surface area contributed by atoms with Gasteiger partial charge < -0.3 is 4.52 Å². The summed E-state index contributed by atoms with van der Waals surface area (Å²) in [5.74, 6) is 1.17. The van der Waals surface area contributed by atoms with Crippen LogP contribution in [-0.4, -0.2) is 48.5 Å². The maximum absolute atomic E-state index is 14.2. The average molecular weight is 490 g/mol. The molecule has 0 unspecified atom stereocenters. The lowest BCUT2D eigenvalue weighted by atomic mass is 9.97. The highest BCUT2D eigenvalue weighted by Crippen LogP contribution is 2.34. The normalized spacial score (nSPS) is 16.7. The van der Waals surface area contributed by atoms with Crippen LogP contribution in [0.1, 0.15) is 41.6 Å². The number of benzene rings is 2. The van der Waals surface area contributed by atoms with Crippen LogP contribution in [0, 0.1) is 25.5 Å². The van der Waals surface area contributed by atoms with Gasteiger partial charge in [-0.2, -0.15) is 10.2 Å². The van der Waals surface area contributed by atoms with Crippen molar-refractivity contribution in [3.05, 3.63) is 70.9 Å². The average Bonchev–Trinajstić information content (AvgIpc) is 3.60. The number of aromatic nitrogens is 6. The predicted octanol–water partition coefficient (Wildman–Crippen LogP) is 5.28. The largest absolute Gasteiger partial charge is 0.361 e. The summed E-state index contributed by atoms with van der Waals surface area (Å²) in [6.07, 6.45) is 1.85. The van der Waals surface area contributed by atoms with Gasteiger partial charge in [0.15, 0.2) is 5.82 Å². The second-order valence-corrected chi connectivity index (χ2v) is 9.35. The summed E-state index contributed by atoms with van der Waals surface area (Å²) in [6.45, 7) is 5.44. The number of halogens is 2. The van der Waals surface area contributed by atoms with Crippen molar-refractivity contribution in [3.8, 4) is 22.6 Å². The number of H-pyrrole nitrogens is 2. The van der Waals surface area contributed by atoms with E-state index in [0.29, 0.717) is 18.1 Å². The highest BCUT2D eigenvalue weighted by Gasteiger charge is 2.26. The van der Waals surface area contributed by atoms with Crippen LogP contribution in [0.2, 0.25) is 0 Å². The van der Waals surface area contributed by atoms with E-state index >= 15 is 0 Å². The van der Waals surface area contributed by atoms with E-state index in [0.717, 1.165) is 58.6 Å². The second kappa shape index (κ2) is 8.94. The zero-order chi connectivity index (χ0) is 24.8. The molecule has 6 rings (SSSR count). The minimum absolute atomic E-state index is 0.102. The van der Waals surface area contributed by atoms with Gasteiger partial charge in [0.05, 0.1) is 16.8 Å². The first-order chi connectivity index (χ1) is 17.5. The number of hydrogen-bond donors (Lipinski definition) is 2. The Kier molecular flexibility index (Phi) is 5.60. The molecule has 3 aromatic heterocycles. The first-order valence-corrected chi connectivity index (χ1v) is 12.0. The Bertz CT molecular complexity index is 1510. The molecule has 0 spiro atoms. The Balaban J connectivity index is 1.25.